The molecule has 1 aliphatic carbocycles. The summed E-state index contributed by atoms with van der Waals surface area (Å²) in [5.41, 5.74) is 5.08. The first-order valence-corrected chi connectivity index (χ1v) is 6.70. The molecule has 0 aromatic carbocycles. The van der Waals surface area contributed by atoms with Gasteiger partial charge in [-0.3, -0.25) is 4.79 Å². The molecule has 0 radical (unpaired) electrons. The van der Waals surface area contributed by atoms with Crippen LogP contribution in [0.15, 0.2) is 0 Å². The van der Waals surface area contributed by atoms with Gasteiger partial charge in [-0.2, -0.15) is 0 Å². The highest BCUT2D eigenvalue weighted by atomic mass is 16.5. The van der Waals surface area contributed by atoms with Crippen LogP contribution in [0, 0.1) is 11.8 Å². The maximum atomic E-state index is 11.8. The number of nitrogens with two attached hydrogens (primary N) is 1. The van der Waals surface area contributed by atoms with Crippen LogP contribution in [-0.2, 0) is 9.53 Å². The third-order valence-corrected chi connectivity index (χ3v) is 4.05. The highest BCUT2D eigenvalue weighted by molar-refractivity contribution is 5.84. The number of amides is 1. The van der Waals surface area contributed by atoms with Gasteiger partial charge in [0.05, 0.1) is 6.10 Å². The zero-order valence-electron chi connectivity index (χ0n) is 10.9. The number of nitrogens with one attached hydrogen (secondary N) is 1. The maximum Gasteiger partial charge on any atom is 0.237 e. The lowest BCUT2D eigenvalue weighted by atomic mass is 9.82. The smallest absolute Gasteiger partial charge is 0.237 e. The Morgan fingerprint density at radius 3 is 2.76 bits per heavy atom. The standard InChI is InChI=1S/C13H24N2O2/c1-9(2)11-7-13(12(14)16,5-6-17-11)15-8-10-3-4-10/h9-11,15H,3-8H2,1-2H3,(H2,14,16). The van der Waals surface area contributed by atoms with Crippen molar-refractivity contribution in [3.63, 3.8) is 0 Å². The molecule has 2 unspecified atom stereocenters. The molecule has 2 atom stereocenters. The van der Waals surface area contributed by atoms with E-state index in [1.807, 2.05) is 0 Å². The van der Waals surface area contributed by atoms with E-state index in [4.69, 9.17) is 10.5 Å². The van der Waals surface area contributed by atoms with Crippen LogP contribution < -0.4 is 11.1 Å². The second-order valence-corrected chi connectivity index (χ2v) is 5.88. The summed E-state index contributed by atoms with van der Waals surface area (Å²) in [6.07, 6.45) is 4.13. The zero-order valence-corrected chi connectivity index (χ0v) is 10.9. The highest BCUT2D eigenvalue weighted by Crippen LogP contribution is 2.32. The van der Waals surface area contributed by atoms with Gasteiger partial charge in [-0.25, -0.2) is 0 Å². The Labute approximate surface area is 103 Å². The summed E-state index contributed by atoms with van der Waals surface area (Å²) < 4.78 is 5.72. The molecule has 0 spiro atoms. The number of hydrogen-bond acceptors (Lipinski definition) is 3. The van der Waals surface area contributed by atoms with E-state index in [0.29, 0.717) is 25.4 Å². The Bertz CT molecular complexity index is 289. The summed E-state index contributed by atoms with van der Waals surface area (Å²) >= 11 is 0. The van der Waals surface area contributed by atoms with Crippen LogP contribution in [0.1, 0.15) is 39.5 Å². The summed E-state index contributed by atoms with van der Waals surface area (Å²) in [5, 5.41) is 3.43. The van der Waals surface area contributed by atoms with Crippen LogP contribution in [-0.4, -0.2) is 30.7 Å². The SMILES string of the molecule is CC(C)C1CC(NCC2CC2)(C(N)=O)CCO1. The predicted octanol–water partition coefficient (Wildman–Crippen LogP) is 1.05. The number of primary amides is 1. The lowest BCUT2D eigenvalue weighted by Gasteiger charge is -2.40. The first-order chi connectivity index (χ1) is 8.03. The third-order valence-electron chi connectivity index (χ3n) is 4.05. The second kappa shape index (κ2) is 4.94. The summed E-state index contributed by atoms with van der Waals surface area (Å²) in [7, 11) is 0. The molecule has 0 aromatic rings. The molecule has 1 saturated heterocycles. The summed E-state index contributed by atoms with van der Waals surface area (Å²) in [6.45, 7) is 5.81. The summed E-state index contributed by atoms with van der Waals surface area (Å²) in [4.78, 5) is 11.8. The molecule has 2 aliphatic rings. The molecule has 2 rings (SSSR count). The Morgan fingerprint density at radius 1 is 1.53 bits per heavy atom. The number of carbonyl (C=O) groups is 1. The molecule has 1 heterocycles. The average Bonchev–Trinajstić information content (AvgIpc) is 3.10. The maximum absolute atomic E-state index is 11.8. The molecular weight excluding hydrogens is 216 g/mol. The average molecular weight is 240 g/mol. The van der Waals surface area contributed by atoms with Gasteiger partial charge in [0, 0.05) is 13.0 Å². The predicted molar refractivity (Wildman–Crippen MR) is 66.5 cm³/mol. The Morgan fingerprint density at radius 2 is 2.24 bits per heavy atom. The molecule has 0 bridgehead atoms. The van der Waals surface area contributed by atoms with Gasteiger partial charge < -0.3 is 15.8 Å². The van der Waals surface area contributed by atoms with Crippen molar-refractivity contribution >= 4 is 5.91 Å². The van der Waals surface area contributed by atoms with E-state index in [-0.39, 0.29) is 12.0 Å². The van der Waals surface area contributed by atoms with Crippen LogP contribution >= 0.6 is 0 Å². The number of carbonyl (C=O) groups excluding carboxylic acids is 1. The highest BCUT2D eigenvalue weighted by Gasteiger charge is 2.43. The van der Waals surface area contributed by atoms with Crippen molar-refractivity contribution < 1.29 is 9.53 Å². The first-order valence-electron chi connectivity index (χ1n) is 6.70. The minimum Gasteiger partial charge on any atom is -0.378 e. The van der Waals surface area contributed by atoms with Crippen molar-refractivity contribution in [2.45, 2.75) is 51.2 Å². The fraction of sp³-hybridized carbons (Fsp3) is 0.923. The van der Waals surface area contributed by atoms with Gasteiger partial charge in [-0.1, -0.05) is 13.8 Å². The van der Waals surface area contributed by atoms with E-state index in [0.717, 1.165) is 12.5 Å². The fourth-order valence-corrected chi connectivity index (χ4v) is 2.45. The number of hydrogen-bond donors (Lipinski definition) is 2. The molecule has 4 nitrogen and oxygen atoms in total. The molecule has 2 fully saturated rings. The van der Waals surface area contributed by atoms with Gasteiger partial charge in [-0.15, -0.1) is 0 Å². The van der Waals surface area contributed by atoms with Crippen molar-refractivity contribution in [1.29, 1.82) is 0 Å². The van der Waals surface area contributed by atoms with E-state index in [1.54, 1.807) is 0 Å². The van der Waals surface area contributed by atoms with E-state index in [9.17, 15) is 4.79 Å². The number of rotatable bonds is 5. The van der Waals surface area contributed by atoms with Crippen LogP contribution in [0.2, 0.25) is 0 Å². The van der Waals surface area contributed by atoms with Crippen LogP contribution in [0.4, 0.5) is 0 Å². The third kappa shape index (κ3) is 2.99. The van der Waals surface area contributed by atoms with Crippen molar-refractivity contribution in [3.8, 4) is 0 Å². The molecule has 1 saturated carbocycles. The monoisotopic (exact) mass is 240 g/mol. The normalized spacial score (nSPS) is 33.9. The van der Waals surface area contributed by atoms with Gasteiger partial charge in [0.1, 0.15) is 5.54 Å². The van der Waals surface area contributed by atoms with Crippen molar-refractivity contribution in [2.24, 2.45) is 17.6 Å². The fourth-order valence-electron chi connectivity index (χ4n) is 2.45. The van der Waals surface area contributed by atoms with E-state index in [2.05, 4.69) is 19.2 Å². The van der Waals surface area contributed by atoms with E-state index >= 15 is 0 Å². The van der Waals surface area contributed by atoms with Gasteiger partial charge >= 0.3 is 0 Å². The summed E-state index contributed by atoms with van der Waals surface area (Å²) in [6, 6.07) is 0. The second-order valence-electron chi connectivity index (χ2n) is 5.88. The first kappa shape index (κ1) is 12.8. The van der Waals surface area contributed by atoms with E-state index in [1.165, 1.54) is 12.8 Å². The minimum absolute atomic E-state index is 0.142. The largest absolute Gasteiger partial charge is 0.378 e. The molecule has 4 heteroatoms. The van der Waals surface area contributed by atoms with Gasteiger partial charge in [0.25, 0.3) is 0 Å². The minimum atomic E-state index is -0.532. The molecule has 1 amide bonds. The Kier molecular flexibility index (Phi) is 3.73. The van der Waals surface area contributed by atoms with Gasteiger partial charge in [0.2, 0.25) is 5.91 Å². The van der Waals surface area contributed by atoms with Crippen molar-refractivity contribution in [3.05, 3.63) is 0 Å². The lowest BCUT2D eigenvalue weighted by Crippen LogP contribution is -2.61. The molecule has 0 aromatic heterocycles. The zero-order chi connectivity index (χ0) is 12.5. The Hall–Kier alpha value is -0.610. The molecule has 98 valence electrons. The van der Waals surface area contributed by atoms with Crippen molar-refractivity contribution in [1.82, 2.24) is 5.32 Å². The van der Waals surface area contributed by atoms with Gasteiger partial charge in [0.15, 0.2) is 0 Å². The van der Waals surface area contributed by atoms with Crippen molar-refractivity contribution in [2.75, 3.05) is 13.2 Å². The van der Waals surface area contributed by atoms with Crippen LogP contribution in [0.5, 0.6) is 0 Å². The molecule has 17 heavy (non-hydrogen) atoms. The molecule has 1 aliphatic heterocycles. The molecule has 3 N–H and O–H groups in total. The van der Waals surface area contributed by atoms with Gasteiger partial charge in [-0.05, 0) is 37.6 Å². The topological polar surface area (TPSA) is 64.3 Å². The quantitative estimate of drug-likeness (QED) is 0.755. The Balaban J connectivity index is 2.00. The van der Waals surface area contributed by atoms with Crippen LogP contribution in [0.25, 0.3) is 0 Å². The molecular formula is C13H24N2O2. The van der Waals surface area contributed by atoms with E-state index < -0.39 is 5.54 Å². The number of ether oxygens (including phenoxy) is 1. The summed E-state index contributed by atoms with van der Waals surface area (Å²) in [5.74, 6) is 0.968. The van der Waals surface area contributed by atoms with Crippen LogP contribution in [0.3, 0.4) is 0 Å². The lowest BCUT2D eigenvalue weighted by molar-refractivity contribution is -0.133.